The van der Waals surface area contributed by atoms with Crippen LogP contribution in [0, 0.1) is 6.92 Å². The number of rotatable bonds is 6. The maximum atomic E-state index is 4.61. The third kappa shape index (κ3) is 5.01. The van der Waals surface area contributed by atoms with Gasteiger partial charge in [-0.05, 0) is 26.2 Å². The van der Waals surface area contributed by atoms with E-state index in [4.69, 9.17) is 0 Å². The van der Waals surface area contributed by atoms with Crippen molar-refractivity contribution in [3.8, 4) is 0 Å². The van der Waals surface area contributed by atoms with Crippen LogP contribution in [-0.2, 0) is 5.75 Å². The van der Waals surface area contributed by atoms with E-state index in [0.717, 1.165) is 41.3 Å². The van der Waals surface area contributed by atoms with E-state index < -0.39 is 0 Å². The first-order valence-corrected chi connectivity index (χ1v) is 8.53. The highest BCUT2D eigenvalue weighted by molar-refractivity contribution is 7.99. The molecule has 1 heterocycles. The fourth-order valence-corrected chi connectivity index (χ4v) is 3.64. The van der Waals surface area contributed by atoms with E-state index in [2.05, 4.69) is 22.2 Å². The van der Waals surface area contributed by atoms with Gasteiger partial charge in [-0.2, -0.15) is 11.8 Å². The van der Waals surface area contributed by atoms with Crippen molar-refractivity contribution in [2.45, 2.75) is 63.4 Å². The van der Waals surface area contributed by atoms with E-state index in [-0.39, 0.29) is 0 Å². The fourth-order valence-electron chi connectivity index (χ4n) is 2.46. The molecule has 0 saturated heterocycles. The number of hydrogen-bond acceptors (Lipinski definition) is 4. The third-order valence-electron chi connectivity index (χ3n) is 3.46. The first-order valence-electron chi connectivity index (χ1n) is 7.48. The molecular formula is C15H25N3S. The zero-order chi connectivity index (χ0) is 13.5. The van der Waals surface area contributed by atoms with Crippen LogP contribution in [-0.4, -0.2) is 21.8 Å². The van der Waals surface area contributed by atoms with Gasteiger partial charge in [-0.25, -0.2) is 9.97 Å². The van der Waals surface area contributed by atoms with E-state index in [1.165, 1.54) is 32.1 Å². The van der Waals surface area contributed by atoms with Crippen LogP contribution >= 0.6 is 11.8 Å². The molecule has 1 fully saturated rings. The molecule has 0 aliphatic heterocycles. The minimum Gasteiger partial charge on any atom is -0.370 e. The zero-order valence-corrected chi connectivity index (χ0v) is 12.9. The lowest BCUT2D eigenvalue weighted by atomic mass is 10.0. The Balaban J connectivity index is 1.89. The minimum absolute atomic E-state index is 0.824. The van der Waals surface area contributed by atoms with Gasteiger partial charge in [-0.3, -0.25) is 0 Å². The molecule has 1 aliphatic rings. The van der Waals surface area contributed by atoms with Gasteiger partial charge in [-0.15, -0.1) is 0 Å². The highest BCUT2D eigenvalue weighted by atomic mass is 32.2. The Morgan fingerprint density at radius 2 is 2.05 bits per heavy atom. The van der Waals surface area contributed by atoms with E-state index in [1.54, 1.807) is 0 Å². The first kappa shape index (κ1) is 14.6. The molecule has 1 saturated carbocycles. The summed E-state index contributed by atoms with van der Waals surface area (Å²) in [5, 5.41) is 4.18. The lowest BCUT2D eigenvalue weighted by Crippen LogP contribution is -2.10. The second kappa shape index (κ2) is 7.73. The van der Waals surface area contributed by atoms with Crippen molar-refractivity contribution in [2.24, 2.45) is 0 Å². The molecule has 1 aromatic heterocycles. The highest BCUT2D eigenvalue weighted by Crippen LogP contribution is 2.29. The van der Waals surface area contributed by atoms with Crippen LogP contribution in [0.5, 0.6) is 0 Å². The highest BCUT2D eigenvalue weighted by Gasteiger charge is 2.14. The largest absolute Gasteiger partial charge is 0.370 e. The summed E-state index contributed by atoms with van der Waals surface area (Å²) in [5.41, 5.74) is 1.06. The number of anilines is 1. The van der Waals surface area contributed by atoms with E-state index in [1.807, 2.05) is 24.8 Å². The summed E-state index contributed by atoms with van der Waals surface area (Å²) in [6, 6.07) is 2.03. The fraction of sp³-hybridized carbons (Fsp3) is 0.733. The van der Waals surface area contributed by atoms with Crippen molar-refractivity contribution >= 4 is 17.6 Å². The smallest absolute Gasteiger partial charge is 0.140 e. The van der Waals surface area contributed by atoms with Crippen LogP contribution in [0.15, 0.2) is 6.07 Å². The quantitative estimate of drug-likeness (QED) is 0.848. The molecule has 2 rings (SSSR count). The molecule has 0 bridgehead atoms. The van der Waals surface area contributed by atoms with Gasteiger partial charge in [0.1, 0.15) is 11.6 Å². The number of thioether (sulfide) groups is 1. The third-order valence-corrected chi connectivity index (χ3v) is 4.82. The number of nitrogens with one attached hydrogen (secondary N) is 1. The Bertz CT molecular complexity index is 389. The van der Waals surface area contributed by atoms with Crippen molar-refractivity contribution in [1.29, 1.82) is 0 Å². The summed E-state index contributed by atoms with van der Waals surface area (Å²) < 4.78 is 0. The van der Waals surface area contributed by atoms with Gasteiger partial charge in [0.05, 0.1) is 5.75 Å². The monoisotopic (exact) mass is 279 g/mol. The van der Waals surface area contributed by atoms with Gasteiger partial charge < -0.3 is 5.32 Å². The maximum absolute atomic E-state index is 4.61. The van der Waals surface area contributed by atoms with Crippen molar-refractivity contribution in [2.75, 3.05) is 11.9 Å². The van der Waals surface area contributed by atoms with Crippen molar-refractivity contribution < 1.29 is 0 Å². The van der Waals surface area contributed by atoms with Crippen LogP contribution in [0.25, 0.3) is 0 Å². The Hall–Kier alpha value is -0.770. The van der Waals surface area contributed by atoms with Gasteiger partial charge in [0.25, 0.3) is 0 Å². The summed E-state index contributed by atoms with van der Waals surface area (Å²) in [6.07, 6.45) is 8.08. The molecule has 0 radical (unpaired) electrons. The Morgan fingerprint density at radius 1 is 1.26 bits per heavy atom. The molecule has 1 aromatic rings. The average Bonchev–Trinajstić information content (AvgIpc) is 2.43. The Morgan fingerprint density at radius 3 is 2.79 bits per heavy atom. The average molecular weight is 279 g/mol. The lowest BCUT2D eigenvalue weighted by molar-refractivity contribution is 0.516. The molecular weight excluding hydrogens is 254 g/mol. The van der Waals surface area contributed by atoms with Crippen LogP contribution in [0.1, 0.15) is 57.0 Å². The molecule has 0 amide bonds. The SMILES string of the molecule is CCCNc1cc(C)nc(CSC2CCCCC2)n1. The topological polar surface area (TPSA) is 37.8 Å². The van der Waals surface area contributed by atoms with Crippen LogP contribution in [0.4, 0.5) is 5.82 Å². The first-order chi connectivity index (χ1) is 9.28. The van der Waals surface area contributed by atoms with Gasteiger partial charge in [0.2, 0.25) is 0 Å². The summed E-state index contributed by atoms with van der Waals surface area (Å²) in [6.45, 7) is 5.19. The van der Waals surface area contributed by atoms with Crippen LogP contribution in [0.3, 0.4) is 0 Å². The second-order valence-corrected chi connectivity index (χ2v) is 6.60. The minimum atomic E-state index is 0.824. The maximum Gasteiger partial charge on any atom is 0.140 e. The molecule has 0 unspecified atom stereocenters. The molecule has 1 N–H and O–H groups in total. The van der Waals surface area contributed by atoms with Crippen LogP contribution in [0.2, 0.25) is 0 Å². The molecule has 106 valence electrons. The van der Waals surface area contributed by atoms with E-state index >= 15 is 0 Å². The standard InChI is InChI=1S/C15H25N3S/c1-3-9-16-14-10-12(2)17-15(18-14)11-19-13-7-5-4-6-8-13/h10,13H,3-9,11H2,1-2H3,(H,16,17,18). The Labute approximate surface area is 121 Å². The van der Waals surface area contributed by atoms with Gasteiger partial charge in [-0.1, -0.05) is 26.2 Å². The van der Waals surface area contributed by atoms with Crippen molar-refractivity contribution in [1.82, 2.24) is 9.97 Å². The predicted octanol–water partition coefficient (Wildman–Crippen LogP) is 4.17. The van der Waals surface area contributed by atoms with E-state index in [9.17, 15) is 0 Å². The van der Waals surface area contributed by atoms with Crippen molar-refractivity contribution in [3.63, 3.8) is 0 Å². The number of aromatic nitrogens is 2. The van der Waals surface area contributed by atoms with Gasteiger partial charge in [0, 0.05) is 23.6 Å². The zero-order valence-electron chi connectivity index (χ0n) is 12.1. The second-order valence-electron chi connectivity index (χ2n) is 5.31. The Kier molecular flexibility index (Phi) is 5.95. The number of hydrogen-bond donors (Lipinski definition) is 1. The summed E-state index contributed by atoms with van der Waals surface area (Å²) in [7, 11) is 0. The lowest BCUT2D eigenvalue weighted by Gasteiger charge is -2.20. The number of nitrogens with zero attached hydrogens (tertiary/aromatic N) is 2. The van der Waals surface area contributed by atoms with E-state index in [0.29, 0.717) is 0 Å². The normalized spacial score (nSPS) is 16.5. The molecule has 0 spiro atoms. The molecule has 3 nitrogen and oxygen atoms in total. The summed E-state index contributed by atoms with van der Waals surface area (Å²) in [5.74, 6) is 2.91. The summed E-state index contributed by atoms with van der Waals surface area (Å²) in [4.78, 5) is 9.17. The van der Waals surface area contributed by atoms with Crippen molar-refractivity contribution in [3.05, 3.63) is 17.6 Å². The van der Waals surface area contributed by atoms with Gasteiger partial charge in [0.15, 0.2) is 0 Å². The summed E-state index contributed by atoms with van der Waals surface area (Å²) >= 11 is 2.04. The predicted molar refractivity (Wildman–Crippen MR) is 83.7 cm³/mol. The molecule has 1 aliphatic carbocycles. The van der Waals surface area contributed by atoms with Crippen LogP contribution < -0.4 is 5.32 Å². The number of aryl methyl sites for hydroxylation is 1. The molecule has 4 heteroatoms. The molecule has 0 aromatic carbocycles. The molecule has 0 atom stereocenters. The molecule has 19 heavy (non-hydrogen) atoms. The van der Waals surface area contributed by atoms with Gasteiger partial charge >= 0.3 is 0 Å².